The van der Waals surface area contributed by atoms with Gasteiger partial charge in [-0.3, -0.25) is 4.79 Å². The Hall–Kier alpha value is -1.71. The zero-order chi connectivity index (χ0) is 15.2. The van der Waals surface area contributed by atoms with Crippen molar-refractivity contribution in [2.45, 2.75) is 19.4 Å². The van der Waals surface area contributed by atoms with E-state index in [-0.39, 0.29) is 12.6 Å². The Bertz CT molecular complexity index is 644. The fourth-order valence-corrected chi connectivity index (χ4v) is 2.18. The number of rotatable bonds is 5. The first-order chi connectivity index (χ1) is 10.0. The molecule has 0 aliphatic heterocycles. The van der Waals surface area contributed by atoms with E-state index < -0.39 is 0 Å². The van der Waals surface area contributed by atoms with Crippen LogP contribution in [0.4, 0.5) is 5.69 Å². The van der Waals surface area contributed by atoms with Crippen LogP contribution in [0.15, 0.2) is 42.5 Å². The lowest BCUT2D eigenvalue weighted by Gasteiger charge is -2.06. The van der Waals surface area contributed by atoms with Crippen molar-refractivity contribution in [3.63, 3.8) is 0 Å². The molecule has 110 valence electrons. The van der Waals surface area contributed by atoms with E-state index in [1.54, 1.807) is 18.2 Å². The molecule has 2 N–H and O–H groups in total. The average molecular weight is 324 g/mol. The summed E-state index contributed by atoms with van der Waals surface area (Å²) in [5.74, 6) is -0.261. The van der Waals surface area contributed by atoms with E-state index in [0.29, 0.717) is 28.6 Å². The molecule has 0 unspecified atom stereocenters. The molecule has 0 saturated carbocycles. The number of carbonyl (C=O) groups is 1. The molecule has 0 radical (unpaired) electrons. The molecule has 0 amide bonds. The van der Waals surface area contributed by atoms with E-state index in [1.165, 1.54) is 0 Å². The predicted octanol–water partition coefficient (Wildman–Crippen LogP) is 4.25. The normalized spacial score (nSPS) is 10.4. The van der Waals surface area contributed by atoms with Gasteiger partial charge in [0, 0.05) is 12.1 Å². The number of nitrogen functional groups attached to an aromatic ring is 1. The highest BCUT2D eigenvalue weighted by atomic mass is 35.5. The third-order valence-corrected chi connectivity index (χ3v) is 3.69. The van der Waals surface area contributed by atoms with E-state index in [2.05, 4.69) is 0 Å². The summed E-state index contributed by atoms with van der Waals surface area (Å²) in [6.45, 7) is 0.187. The first-order valence-corrected chi connectivity index (χ1v) is 7.24. The van der Waals surface area contributed by atoms with Crippen molar-refractivity contribution in [3.05, 3.63) is 63.6 Å². The molecule has 0 spiro atoms. The van der Waals surface area contributed by atoms with Gasteiger partial charge >= 0.3 is 5.97 Å². The summed E-state index contributed by atoms with van der Waals surface area (Å²) in [6.07, 6.45) is 0.913. The Morgan fingerprint density at radius 2 is 1.86 bits per heavy atom. The third kappa shape index (κ3) is 4.96. The van der Waals surface area contributed by atoms with Gasteiger partial charge in [0.15, 0.2) is 0 Å². The lowest BCUT2D eigenvalue weighted by Crippen LogP contribution is -2.06. The highest BCUT2D eigenvalue weighted by molar-refractivity contribution is 6.42. The Balaban J connectivity index is 1.80. The quantitative estimate of drug-likeness (QED) is 0.661. The summed E-state index contributed by atoms with van der Waals surface area (Å²) in [5, 5.41) is 0.929. The second-order valence-electron chi connectivity index (χ2n) is 4.65. The maximum absolute atomic E-state index is 11.7. The van der Waals surface area contributed by atoms with Crippen LogP contribution in [0.25, 0.3) is 0 Å². The minimum atomic E-state index is -0.261. The number of hydrogen-bond acceptors (Lipinski definition) is 3. The van der Waals surface area contributed by atoms with Gasteiger partial charge in [0.05, 0.1) is 10.0 Å². The van der Waals surface area contributed by atoms with Gasteiger partial charge in [-0.1, -0.05) is 41.4 Å². The van der Waals surface area contributed by atoms with Crippen LogP contribution in [-0.4, -0.2) is 5.97 Å². The van der Waals surface area contributed by atoms with Crippen LogP contribution in [-0.2, 0) is 22.6 Å². The number of esters is 1. The fraction of sp³-hybridized carbons (Fsp3) is 0.188. The monoisotopic (exact) mass is 323 g/mol. The molecular formula is C16H15Cl2NO2. The molecule has 2 aromatic carbocycles. The third-order valence-electron chi connectivity index (χ3n) is 2.95. The maximum Gasteiger partial charge on any atom is 0.306 e. The first kappa shape index (κ1) is 15.7. The van der Waals surface area contributed by atoms with Gasteiger partial charge < -0.3 is 10.5 Å². The van der Waals surface area contributed by atoms with Gasteiger partial charge in [-0.05, 0) is 41.8 Å². The van der Waals surface area contributed by atoms with E-state index in [4.69, 9.17) is 33.7 Å². The van der Waals surface area contributed by atoms with E-state index in [9.17, 15) is 4.79 Å². The number of halogens is 2. The standard InChI is InChI=1S/C16H15Cl2NO2/c17-14-6-4-12(9-15(14)18)10-21-16(20)7-5-11-2-1-3-13(19)8-11/h1-4,6,8-9H,5,7,10,19H2. The number of hydrogen-bond donors (Lipinski definition) is 1. The van der Waals surface area contributed by atoms with Crippen LogP contribution < -0.4 is 5.73 Å². The molecular weight excluding hydrogens is 309 g/mol. The largest absolute Gasteiger partial charge is 0.461 e. The highest BCUT2D eigenvalue weighted by Gasteiger charge is 2.06. The van der Waals surface area contributed by atoms with Gasteiger partial charge in [0.25, 0.3) is 0 Å². The molecule has 0 fully saturated rings. The predicted molar refractivity (Wildman–Crippen MR) is 85.4 cm³/mol. The molecule has 0 saturated heterocycles. The van der Waals surface area contributed by atoms with Crippen LogP contribution in [0.1, 0.15) is 17.5 Å². The second-order valence-corrected chi connectivity index (χ2v) is 5.47. The van der Waals surface area contributed by atoms with E-state index in [1.807, 2.05) is 24.3 Å². The number of ether oxygens (including phenoxy) is 1. The first-order valence-electron chi connectivity index (χ1n) is 6.48. The molecule has 0 aliphatic rings. The molecule has 0 aliphatic carbocycles. The highest BCUT2D eigenvalue weighted by Crippen LogP contribution is 2.23. The zero-order valence-corrected chi connectivity index (χ0v) is 12.8. The molecule has 3 nitrogen and oxygen atoms in total. The molecule has 2 aromatic rings. The fourth-order valence-electron chi connectivity index (χ4n) is 1.86. The van der Waals surface area contributed by atoms with Gasteiger partial charge in [-0.2, -0.15) is 0 Å². The van der Waals surface area contributed by atoms with E-state index in [0.717, 1.165) is 11.1 Å². The summed E-state index contributed by atoms with van der Waals surface area (Å²) in [5.41, 5.74) is 8.20. The van der Waals surface area contributed by atoms with Crippen molar-refractivity contribution in [2.75, 3.05) is 5.73 Å². The van der Waals surface area contributed by atoms with Crippen LogP contribution in [0, 0.1) is 0 Å². The van der Waals surface area contributed by atoms with Crippen molar-refractivity contribution in [3.8, 4) is 0 Å². The summed E-state index contributed by atoms with van der Waals surface area (Å²) in [7, 11) is 0. The van der Waals surface area contributed by atoms with Crippen molar-refractivity contribution >= 4 is 34.9 Å². The summed E-state index contributed by atoms with van der Waals surface area (Å²) < 4.78 is 5.20. The maximum atomic E-state index is 11.7. The lowest BCUT2D eigenvalue weighted by molar-refractivity contribution is -0.144. The van der Waals surface area contributed by atoms with Crippen molar-refractivity contribution < 1.29 is 9.53 Å². The molecule has 0 aromatic heterocycles. The number of anilines is 1. The van der Waals surface area contributed by atoms with Crippen molar-refractivity contribution in [1.82, 2.24) is 0 Å². The number of benzene rings is 2. The Morgan fingerprint density at radius 1 is 1.05 bits per heavy atom. The SMILES string of the molecule is Nc1cccc(CCC(=O)OCc2ccc(Cl)c(Cl)c2)c1. The smallest absolute Gasteiger partial charge is 0.306 e. The van der Waals surface area contributed by atoms with Crippen LogP contribution >= 0.6 is 23.2 Å². The summed E-state index contributed by atoms with van der Waals surface area (Å²) >= 11 is 11.7. The van der Waals surface area contributed by atoms with Crippen LogP contribution in [0.3, 0.4) is 0 Å². The van der Waals surface area contributed by atoms with Gasteiger partial charge in [-0.25, -0.2) is 0 Å². The Kier molecular flexibility index (Phi) is 5.48. The number of aryl methyl sites for hydroxylation is 1. The molecule has 0 atom stereocenters. The Morgan fingerprint density at radius 3 is 2.57 bits per heavy atom. The van der Waals surface area contributed by atoms with Crippen molar-refractivity contribution in [1.29, 1.82) is 0 Å². The van der Waals surface area contributed by atoms with Gasteiger partial charge in [0.2, 0.25) is 0 Å². The van der Waals surface area contributed by atoms with Gasteiger partial charge in [0.1, 0.15) is 6.61 Å². The van der Waals surface area contributed by atoms with Crippen LogP contribution in [0.5, 0.6) is 0 Å². The Labute approximate surface area is 133 Å². The summed E-state index contributed by atoms with van der Waals surface area (Å²) in [4.78, 5) is 11.7. The van der Waals surface area contributed by atoms with E-state index >= 15 is 0 Å². The molecule has 2 rings (SSSR count). The molecule has 0 heterocycles. The minimum absolute atomic E-state index is 0.187. The summed E-state index contributed by atoms with van der Waals surface area (Å²) in [6, 6.07) is 12.6. The van der Waals surface area contributed by atoms with Gasteiger partial charge in [-0.15, -0.1) is 0 Å². The van der Waals surface area contributed by atoms with Crippen molar-refractivity contribution in [2.24, 2.45) is 0 Å². The average Bonchev–Trinajstić information content (AvgIpc) is 2.46. The number of nitrogens with two attached hydrogens (primary N) is 1. The topological polar surface area (TPSA) is 52.3 Å². The van der Waals surface area contributed by atoms with Crippen LogP contribution in [0.2, 0.25) is 10.0 Å². The molecule has 5 heteroatoms. The second kappa shape index (κ2) is 7.34. The molecule has 21 heavy (non-hydrogen) atoms. The number of carbonyl (C=O) groups excluding carboxylic acids is 1. The molecule has 0 bridgehead atoms. The zero-order valence-electron chi connectivity index (χ0n) is 11.3. The minimum Gasteiger partial charge on any atom is -0.461 e. The lowest BCUT2D eigenvalue weighted by atomic mass is 10.1.